The fourth-order valence-corrected chi connectivity index (χ4v) is 2.17. The molecule has 0 fully saturated rings. The highest BCUT2D eigenvalue weighted by atomic mass is 32.1. The van der Waals surface area contributed by atoms with Crippen molar-refractivity contribution in [3.8, 4) is 0 Å². The van der Waals surface area contributed by atoms with E-state index in [0.29, 0.717) is 0 Å². The molecule has 0 saturated carbocycles. The summed E-state index contributed by atoms with van der Waals surface area (Å²) in [5.41, 5.74) is 0. The van der Waals surface area contributed by atoms with Crippen molar-refractivity contribution < 1.29 is 4.79 Å². The third-order valence-electron chi connectivity index (χ3n) is 2.21. The molecule has 0 aliphatic carbocycles. The number of rotatable bonds is 4. The minimum Gasteiger partial charge on any atom is -0.347 e. The van der Waals surface area contributed by atoms with E-state index < -0.39 is 0 Å². The van der Waals surface area contributed by atoms with Gasteiger partial charge in [0.1, 0.15) is 6.54 Å². The smallest absolute Gasteiger partial charge is 0.242 e. The Hall–Kier alpha value is -1.62. The van der Waals surface area contributed by atoms with Crippen LogP contribution in [0.2, 0.25) is 0 Å². The monoisotopic (exact) mass is 235 g/mol. The number of amides is 1. The fraction of sp³-hybridized carbons (Fsp3) is 0.273. The zero-order chi connectivity index (χ0) is 11.4. The van der Waals surface area contributed by atoms with Crippen LogP contribution in [0.3, 0.4) is 0 Å². The topological polar surface area (TPSA) is 46.9 Å². The maximum atomic E-state index is 11.6. The van der Waals surface area contributed by atoms with Gasteiger partial charge in [-0.1, -0.05) is 6.07 Å². The molecule has 1 amide bonds. The van der Waals surface area contributed by atoms with Crippen LogP contribution in [0.1, 0.15) is 17.8 Å². The lowest BCUT2D eigenvalue weighted by atomic mass is 10.3. The van der Waals surface area contributed by atoms with E-state index in [9.17, 15) is 4.79 Å². The van der Waals surface area contributed by atoms with Gasteiger partial charge >= 0.3 is 0 Å². The van der Waals surface area contributed by atoms with E-state index in [4.69, 9.17) is 0 Å². The maximum absolute atomic E-state index is 11.6. The molecule has 0 radical (unpaired) electrons. The van der Waals surface area contributed by atoms with Gasteiger partial charge in [0.05, 0.1) is 6.04 Å². The fourth-order valence-electron chi connectivity index (χ4n) is 1.44. The van der Waals surface area contributed by atoms with Gasteiger partial charge in [0.2, 0.25) is 5.91 Å². The number of nitrogens with zero attached hydrogens (tertiary/aromatic N) is 2. The molecular formula is C11H13N3OS. The largest absolute Gasteiger partial charge is 0.347 e. The van der Waals surface area contributed by atoms with Crippen LogP contribution in [0, 0.1) is 0 Å². The summed E-state index contributed by atoms with van der Waals surface area (Å²) in [7, 11) is 0. The Morgan fingerprint density at radius 1 is 1.62 bits per heavy atom. The van der Waals surface area contributed by atoms with E-state index in [0.717, 1.165) is 4.88 Å². The number of aromatic nitrogens is 2. The molecule has 2 rings (SSSR count). The summed E-state index contributed by atoms with van der Waals surface area (Å²) in [6.45, 7) is 2.25. The van der Waals surface area contributed by atoms with Crippen molar-refractivity contribution in [1.29, 1.82) is 0 Å². The Balaban J connectivity index is 1.88. The Bertz CT molecular complexity index is 436. The number of thiophene rings is 1. The number of hydrogen-bond donors (Lipinski definition) is 1. The first kappa shape index (κ1) is 10.9. The summed E-state index contributed by atoms with van der Waals surface area (Å²) in [4.78, 5) is 12.8. The molecule has 1 atom stereocenters. The molecule has 0 bridgehead atoms. The molecule has 5 heteroatoms. The van der Waals surface area contributed by atoms with Crippen LogP contribution in [0.5, 0.6) is 0 Å². The molecule has 0 unspecified atom stereocenters. The Labute approximate surface area is 97.9 Å². The molecule has 0 spiro atoms. The second-order valence-corrected chi connectivity index (χ2v) is 4.49. The van der Waals surface area contributed by atoms with Gasteiger partial charge in [0, 0.05) is 17.3 Å². The zero-order valence-electron chi connectivity index (χ0n) is 8.96. The van der Waals surface area contributed by atoms with Crippen molar-refractivity contribution in [2.24, 2.45) is 0 Å². The van der Waals surface area contributed by atoms with Gasteiger partial charge in [0.15, 0.2) is 0 Å². The molecule has 2 heterocycles. The first-order valence-electron chi connectivity index (χ1n) is 5.06. The molecule has 4 nitrogen and oxygen atoms in total. The van der Waals surface area contributed by atoms with Crippen LogP contribution in [-0.2, 0) is 11.3 Å². The molecule has 2 aromatic heterocycles. The van der Waals surface area contributed by atoms with Crippen LogP contribution >= 0.6 is 11.3 Å². The van der Waals surface area contributed by atoms with E-state index in [2.05, 4.69) is 10.4 Å². The standard InChI is InChI=1S/C11H13N3OS/c1-9(10-4-2-7-16-10)13-11(15)8-14-6-3-5-12-14/h2-7,9H,8H2,1H3,(H,13,15)/t9-/m0/s1. The van der Waals surface area contributed by atoms with E-state index in [1.165, 1.54) is 0 Å². The predicted molar refractivity (Wildman–Crippen MR) is 63.1 cm³/mol. The maximum Gasteiger partial charge on any atom is 0.242 e. The average molecular weight is 235 g/mol. The Kier molecular flexibility index (Phi) is 3.36. The molecule has 1 N–H and O–H groups in total. The van der Waals surface area contributed by atoms with Gasteiger partial charge in [-0.3, -0.25) is 9.48 Å². The first-order chi connectivity index (χ1) is 7.75. The van der Waals surface area contributed by atoms with Gasteiger partial charge < -0.3 is 5.32 Å². The lowest BCUT2D eigenvalue weighted by Crippen LogP contribution is -2.29. The number of hydrogen-bond acceptors (Lipinski definition) is 3. The third kappa shape index (κ3) is 2.70. The summed E-state index contributed by atoms with van der Waals surface area (Å²) in [6.07, 6.45) is 3.44. The van der Waals surface area contributed by atoms with E-state index in [1.54, 1.807) is 34.5 Å². The molecule has 0 saturated heterocycles. The molecule has 16 heavy (non-hydrogen) atoms. The molecular weight excluding hydrogens is 222 g/mol. The Morgan fingerprint density at radius 3 is 3.12 bits per heavy atom. The number of carbonyl (C=O) groups is 1. The third-order valence-corrected chi connectivity index (χ3v) is 3.27. The average Bonchev–Trinajstić information content (AvgIpc) is 2.88. The summed E-state index contributed by atoms with van der Waals surface area (Å²) in [5, 5.41) is 8.92. The van der Waals surface area contributed by atoms with Crippen LogP contribution < -0.4 is 5.32 Å². The second kappa shape index (κ2) is 4.94. The molecule has 2 aromatic rings. The minimum absolute atomic E-state index is 0.0235. The zero-order valence-corrected chi connectivity index (χ0v) is 9.78. The lowest BCUT2D eigenvalue weighted by molar-refractivity contribution is -0.122. The van der Waals surface area contributed by atoms with Gasteiger partial charge in [-0.2, -0.15) is 5.10 Å². The normalized spacial score (nSPS) is 12.3. The van der Waals surface area contributed by atoms with Crippen LogP contribution in [-0.4, -0.2) is 15.7 Å². The van der Waals surface area contributed by atoms with Gasteiger partial charge in [-0.25, -0.2) is 0 Å². The number of nitrogens with one attached hydrogen (secondary N) is 1. The van der Waals surface area contributed by atoms with E-state index in [1.807, 2.05) is 24.4 Å². The quantitative estimate of drug-likeness (QED) is 0.878. The van der Waals surface area contributed by atoms with Crippen molar-refractivity contribution in [2.75, 3.05) is 0 Å². The van der Waals surface area contributed by atoms with Crippen molar-refractivity contribution >= 4 is 17.2 Å². The lowest BCUT2D eigenvalue weighted by Gasteiger charge is -2.11. The first-order valence-corrected chi connectivity index (χ1v) is 5.94. The van der Waals surface area contributed by atoms with E-state index in [-0.39, 0.29) is 18.5 Å². The molecule has 84 valence electrons. The molecule has 0 aliphatic rings. The summed E-state index contributed by atoms with van der Waals surface area (Å²) < 4.78 is 1.61. The minimum atomic E-state index is -0.0235. The van der Waals surface area contributed by atoms with E-state index >= 15 is 0 Å². The van der Waals surface area contributed by atoms with Crippen molar-refractivity contribution in [1.82, 2.24) is 15.1 Å². The van der Waals surface area contributed by atoms with Crippen molar-refractivity contribution in [2.45, 2.75) is 19.5 Å². The Morgan fingerprint density at radius 2 is 2.50 bits per heavy atom. The highest BCUT2D eigenvalue weighted by Crippen LogP contribution is 2.17. The molecule has 0 aromatic carbocycles. The van der Waals surface area contributed by atoms with Crippen LogP contribution in [0.15, 0.2) is 36.0 Å². The summed E-state index contributed by atoms with van der Waals surface area (Å²) in [6, 6.07) is 5.86. The summed E-state index contributed by atoms with van der Waals surface area (Å²) in [5.74, 6) is -0.0235. The van der Waals surface area contributed by atoms with Crippen LogP contribution in [0.4, 0.5) is 0 Å². The molecule has 0 aliphatic heterocycles. The SMILES string of the molecule is C[C@H](NC(=O)Cn1cccn1)c1cccs1. The van der Waals surface area contributed by atoms with Crippen LogP contribution in [0.25, 0.3) is 0 Å². The van der Waals surface area contributed by atoms with Gasteiger partial charge in [-0.05, 0) is 24.4 Å². The predicted octanol–water partition coefficient (Wildman–Crippen LogP) is 1.82. The van der Waals surface area contributed by atoms with Gasteiger partial charge in [0.25, 0.3) is 0 Å². The van der Waals surface area contributed by atoms with Gasteiger partial charge in [-0.15, -0.1) is 11.3 Å². The second-order valence-electron chi connectivity index (χ2n) is 3.51. The number of carbonyl (C=O) groups excluding carboxylic acids is 1. The summed E-state index contributed by atoms with van der Waals surface area (Å²) >= 11 is 1.64. The van der Waals surface area contributed by atoms with Crippen molar-refractivity contribution in [3.63, 3.8) is 0 Å². The highest BCUT2D eigenvalue weighted by molar-refractivity contribution is 7.10. The highest BCUT2D eigenvalue weighted by Gasteiger charge is 2.10. The van der Waals surface area contributed by atoms with Crippen molar-refractivity contribution in [3.05, 3.63) is 40.8 Å².